The van der Waals surface area contributed by atoms with Gasteiger partial charge in [-0.15, -0.1) is 0 Å². The van der Waals surface area contributed by atoms with Crippen molar-refractivity contribution in [2.45, 2.75) is 43.6 Å². The molecule has 4 rings (SSSR count). The topological polar surface area (TPSA) is 62.7 Å². The number of aromatic nitrogens is 1. The number of ether oxygens (including phenoxy) is 1. The van der Waals surface area contributed by atoms with Gasteiger partial charge in [-0.1, -0.05) is 23.7 Å². The fraction of sp³-hybridized carbons (Fsp3) is 0.500. The highest BCUT2D eigenvalue weighted by molar-refractivity contribution is 7.88. The number of hydrogen-bond acceptors (Lipinski definition) is 5. The summed E-state index contributed by atoms with van der Waals surface area (Å²) in [5.74, 6) is 0.912. The number of halogens is 1. The smallest absolute Gasteiger partial charge is 0.218 e. The van der Waals surface area contributed by atoms with Crippen LogP contribution in [0.15, 0.2) is 48.8 Å². The van der Waals surface area contributed by atoms with E-state index in [4.69, 9.17) is 16.3 Å². The van der Waals surface area contributed by atoms with E-state index < -0.39 is 10.0 Å². The van der Waals surface area contributed by atoms with Crippen molar-refractivity contribution >= 4 is 21.6 Å². The lowest BCUT2D eigenvalue weighted by Crippen LogP contribution is -2.50. The summed E-state index contributed by atoms with van der Waals surface area (Å²) in [6, 6.07) is 11.3. The molecule has 2 aliphatic heterocycles. The molecule has 6 nitrogen and oxygen atoms in total. The summed E-state index contributed by atoms with van der Waals surface area (Å²) in [6.07, 6.45) is 7.50. The Labute approximate surface area is 183 Å². The Morgan fingerprint density at radius 3 is 2.20 bits per heavy atom. The van der Waals surface area contributed by atoms with Crippen molar-refractivity contribution in [1.29, 1.82) is 0 Å². The third-order valence-electron chi connectivity index (χ3n) is 6.02. The van der Waals surface area contributed by atoms with Crippen LogP contribution < -0.4 is 4.74 Å². The minimum atomic E-state index is -3.30. The molecule has 0 N–H and O–H groups in total. The zero-order chi connectivity index (χ0) is 21.0. The molecular weight excluding hydrogens is 422 g/mol. The normalized spacial score (nSPS) is 20.3. The molecule has 2 saturated heterocycles. The monoisotopic (exact) mass is 449 g/mol. The first-order valence-corrected chi connectivity index (χ1v) is 12.5. The maximum absolute atomic E-state index is 12.8. The molecule has 0 unspecified atom stereocenters. The van der Waals surface area contributed by atoms with Crippen LogP contribution in [0.3, 0.4) is 0 Å². The summed E-state index contributed by atoms with van der Waals surface area (Å²) in [4.78, 5) is 6.53. The molecule has 2 aliphatic rings. The van der Waals surface area contributed by atoms with Gasteiger partial charge in [0.25, 0.3) is 0 Å². The Bertz CT molecular complexity index is 908. The molecule has 2 fully saturated rings. The third kappa shape index (κ3) is 5.52. The third-order valence-corrected chi connectivity index (χ3v) is 8.13. The van der Waals surface area contributed by atoms with Gasteiger partial charge >= 0.3 is 0 Å². The van der Waals surface area contributed by atoms with Crippen molar-refractivity contribution in [3.05, 3.63) is 59.4 Å². The van der Waals surface area contributed by atoms with Crippen LogP contribution in [-0.4, -0.2) is 60.9 Å². The first-order valence-electron chi connectivity index (χ1n) is 10.5. The van der Waals surface area contributed by atoms with Gasteiger partial charge < -0.3 is 9.64 Å². The van der Waals surface area contributed by atoms with Crippen molar-refractivity contribution in [2.24, 2.45) is 0 Å². The fourth-order valence-electron chi connectivity index (χ4n) is 4.34. The quantitative estimate of drug-likeness (QED) is 0.674. The van der Waals surface area contributed by atoms with Gasteiger partial charge in [-0.05, 0) is 55.5 Å². The lowest BCUT2D eigenvalue weighted by Gasteiger charge is -2.41. The highest BCUT2D eigenvalue weighted by Crippen LogP contribution is 2.25. The van der Waals surface area contributed by atoms with Gasteiger partial charge in [-0.25, -0.2) is 12.7 Å². The summed E-state index contributed by atoms with van der Waals surface area (Å²) >= 11 is 5.90. The van der Waals surface area contributed by atoms with E-state index in [0.29, 0.717) is 24.2 Å². The van der Waals surface area contributed by atoms with E-state index in [-0.39, 0.29) is 11.9 Å². The number of benzene rings is 1. The molecule has 0 atom stereocenters. The molecule has 2 aromatic rings. The molecule has 1 aromatic carbocycles. The largest absolute Gasteiger partial charge is 0.490 e. The zero-order valence-electron chi connectivity index (χ0n) is 17.0. The Hall–Kier alpha value is -1.67. The molecule has 0 amide bonds. The highest BCUT2D eigenvalue weighted by Gasteiger charge is 2.32. The maximum atomic E-state index is 12.8. The maximum Gasteiger partial charge on any atom is 0.218 e. The van der Waals surface area contributed by atoms with E-state index in [2.05, 4.69) is 9.88 Å². The van der Waals surface area contributed by atoms with Crippen molar-refractivity contribution in [3.8, 4) is 5.75 Å². The van der Waals surface area contributed by atoms with Gasteiger partial charge in [0, 0.05) is 49.6 Å². The summed E-state index contributed by atoms with van der Waals surface area (Å²) < 4.78 is 33.3. The van der Waals surface area contributed by atoms with Crippen LogP contribution in [0.2, 0.25) is 5.02 Å². The number of sulfonamides is 1. The van der Waals surface area contributed by atoms with E-state index in [1.807, 2.05) is 12.1 Å². The second-order valence-corrected chi connectivity index (χ2v) is 10.5. The van der Waals surface area contributed by atoms with Crippen LogP contribution in [-0.2, 0) is 15.8 Å². The van der Waals surface area contributed by atoms with Gasteiger partial charge in [0.1, 0.15) is 11.9 Å². The molecule has 0 saturated carbocycles. The van der Waals surface area contributed by atoms with Crippen molar-refractivity contribution < 1.29 is 13.2 Å². The SMILES string of the molecule is O=S(=O)(Cc1ccc(Cl)cc1)N1CCC(N2CCC(Oc3ccncc3)CC2)CC1. The Morgan fingerprint density at radius 1 is 0.933 bits per heavy atom. The number of nitrogens with zero attached hydrogens (tertiary/aromatic N) is 3. The van der Waals surface area contributed by atoms with Gasteiger partial charge in [-0.3, -0.25) is 4.98 Å². The van der Waals surface area contributed by atoms with E-state index in [0.717, 1.165) is 50.1 Å². The Balaban J connectivity index is 1.24. The minimum absolute atomic E-state index is 0.0343. The molecule has 0 radical (unpaired) electrons. The van der Waals surface area contributed by atoms with E-state index >= 15 is 0 Å². The molecule has 30 heavy (non-hydrogen) atoms. The molecular formula is C22H28ClN3O3S. The van der Waals surface area contributed by atoms with Crippen LogP contribution in [0.1, 0.15) is 31.2 Å². The lowest BCUT2D eigenvalue weighted by molar-refractivity contribution is 0.0585. The molecule has 3 heterocycles. The molecule has 0 spiro atoms. The number of rotatable bonds is 6. The highest BCUT2D eigenvalue weighted by atomic mass is 35.5. The molecule has 8 heteroatoms. The lowest BCUT2D eigenvalue weighted by atomic mass is 10.00. The van der Waals surface area contributed by atoms with Crippen LogP contribution in [0, 0.1) is 0 Å². The molecule has 0 aliphatic carbocycles. The predicted octanol–water partition coefficient (Wildman–Crippen LogP) is 3.57. The van der Waals surface area contributed by atoms with Gasteiger partial charge in [0.2, 0.25) is 10.0 Å². The van der Waals surface area contributed by atoms with E-state index in [1.165, 1.54) is 0 Å². The summed E-state index contributed by atoms with van der Waals surface area (Å²) in [5.41, 5.74) is 0.776. The zero-order valence-corrected chi connectivity index (χ0v) is 18.6. The first-order chi connectivity index (χ1) is 14.5. The van der Waals surface area contributed by atoms with Crippen LogP contribution in [0.4, 0.5) is 0 Å². The number of hydrogen-bond donors (Lipinski definition) is 0. The van der Waals surface area contributed by atoms with Crippen molar-refractivity contribution in [1.82, 2.24) is 14.2 Å². The second kappa shape index (κ2) is 9.64. The molecule has 162 valence electrons. The number of likely N-dealkylation sites (tertiary alicyclic amines) is 1. The van der Waals surface area contributed by atoms with Crippen molar-refractivity contribution in [2.75, 3.05) is 26.2 Å². The summed E-state index contributed by atoms with van der Waals surface area (Å²) in [7, 11) is -3.30. The van der Waals surface area contributed by atoms with Gasteiger partial charge in [0.05, 0.1) is 5.75 Å². The standard InChI is InChI=1S/C22H28ClN3O3S/c23-19-3-1-18(2-4-19)17-30(27,28)26-15-7-20(8-16-26)25-13-9-22(10-14-25)29-21-5-11-24-12-6-21/h1-6,11-12,20,22H,7-10,13-17H2. The average Bonchev–Trinajstić information content (AvgIpc) is 2.77. The van der Waals surface area contributed by atoms with Gasteiger partial charge in [-0.2, -0.15) is 0 Å². The second-order valence-electron chi connectivity index (χ2n) is 8.05. The van der Waals surface area contributed by atoms with Gasteiger partial charge in [0.15, 0.2) is 0 Å². The predicted molar refractivity (Wildman–Crippen MR) is 118 cm³/mol. The summed E-state index contributed by atoms with van der Waals surface area (Å²) in [6.45, 7) is 3.18. The van der Waals surface area contributed by atoms with Crippen LogP contribution >= 0.6 is 11.6 Å². The van der Waals surface area contributed by atoms with Crippen LogP contribution in [0.25, 0.3) is 0 Å². The Kier molecular flexibility index (Phi) is 6.93. The number of piperidine rings is 2. The minimum Gasteiger partial charge on any atom is -0.490 e. The number of pyridine rings is 1. The molecule has 0 bridgehead atoms. The first kappa shape index (κ1) is 21.6. The Morgan fingerprint density at radius 2 is 1.57 bits per heavy atom. The molecule has 1 aromatic heterocycles. The fourth-order valence-corrected chi connectivity index (χ4v) is 6.03. The summed E-state index contributed by atoms with van der Waals surface area (Å²) in [5, 5.41) is 0.618. The average molecular weight is 450 g/mol. The van der Waals surface area contributed by atoms with E-state index in [9.17, 15) is 8.42 Å². The van der Waals surface area contributed by atoms with E-state index in [1.54, 1.807) is 41.0 Å². The van der Waals surface area contributed by atoms with Crippen molar-refractivity contribution in [3.63, 3.8) is 0 Å². The van der Waals surface area contributed by atoms with Crippen LogP contribution in [0.5, 0.6) is 5.75 Å².